The maximum atomic E-state index is 13.0. The van der Waals surface area contributed by atoms with Gasteiger partial charge in [-0.2, -0.15) is 13.2 Å². The van der Waals surface area contributed by atoms with Gasteiger partial charge >= 0.3 is 12.1 Å². The van der Waals surface area contributed by atoms with Gasteiger partial charge in [-0.1, -0.05) is 56.0 Å². The van der Waals surface area contributed by atoms with Crippen LogP contribution in [0.5, 0.6) is 0 Å². The summed E-state index contributed by atoms with van der Waals surface area (Å²) in [5, 5.41) is 12.5. The second-order valence-corrected chi connectivity index (χ2v) is 10.8. The van der Waals surface area contributed by atoms with Crippen LogP contribution in [0.2, 0.25) is 0 Å². The first-order chi connectivity index (χ1) is 19.7. The van der Waals surface area contributed by atoms with Gasteiger partial charge in [0.15, 0.2) is 0 Å². The van der Waals surface area contributed by atoms with E-state index < -0.39 is 17.7 Å². The van der Waals surface area contributed by atoms with E-state index in [4.69, 9.17) is 5.11 Å². The summed E-state index contributed by atoms with van der Waals surface area (Å²) in [7, 11) is 0. The van der Waals surface area contributed by atoms with Gasteiger partial charge in [-0.15, -0.1) is 0 Å². The molecule has 1 fully saturated rings. The lowest BCUT2D eigenvalue weighted by Gasteiger charge is -2.23. The maximum Gasteiger partial charge on any atom is 0.416 e. The molecule has 4 aromatic rings. The molecule has 3 aromatic carbocycles. The van der Waals surface area contributed by atoms with Crippen molar-refractivity contribution in [2.45, 2.75) is 57.2 Å². The van der Waals surface area contributed by atoms with Gasteiger partial charge in [-0.05, 0) is 77.9 Å². The van der Waals surface area contributed by atoms with Crippen molar-refractivity contribution in [2.24, 2.45) is 5.92 Å². The Hall–Kier alpha value is -4.07. The summed E-state index contributed by atoms with van der Waals surface area (Å²) in [4.78, 5) is 23.2. The Bertz CT molecular complexity index is 1500. The van der Waals surface area contributed by atoms with Crippen LogP contribution in [0.15, 0.2) is 79.0 Å². The van der Waals surface area contributed by atoms with Crippen molar-refractivity contribution in [3.63, 3.8) is 0 Å². The molecule has 0 radical (unpaired) electrons. The number of hydrogen-bond donors (Lipinski definition) is 2. The minimum Gasteiger partial charge on any atom is -0.481 e. The SMILES string of the molecule is O=C(O)CCNC(=O)c1ccc(C(CCC2CCCC2)n2ccc3cc(-c4ccc(C(F)(F)F)cc4)ccc32)cc1. The van der Waals surface area contributed by atoms with Gasteiger partial charge in [0.2, 0.25) is 0 Å². The van der Waals surface area contributed by atoms with Gasteiger partial charge in [-0.3, -0.25) is 9.59 Å². The zero-order valence-electron chi connectivity index (χ0n) is 22.7. The minimum atomic E-state index is -4.37. The molecule has 1 heterocycles. The fourth-order valence-corrected chi connectivity index (χ4v) is 5.87. The van der Waals surface area contributed by atoms with Gasteiger partial charge < -0.3 is 15.0 Å². The van der Waals surface area contributed by atoms with Crippen molar-refractivity contribution in [1.82, 2.24) is 9.88 Å². The Morgan fingerprint density at radius 1 is 0.927 bits per heavy atom. The fourth-order valence-electron chi connectivity index (χ4n) is 5.87. The highest BCUT2D eigenvalue weighted by Gasteiger charge is 2.30. The monoisotopic (exact) mass is 562 g/mol. The van der Waals surface area contributed by atoms with Gasteiger partial charge in [0, 0.05) is 29.2 Å². The van der Waals surface area contributed by atoms with E-state index in [0.717, 1.165) is 52.6 Å². The summed E-state index contributed by atoms with van der Waals surface area (Å²) in [6.45, 7) is 0.0732. The van der Waals surface area contributed by atoms with E-state index in [1.807, 2.05) is 36.4 Å². The summed E-state index contributed by atoms with van der Waals surface area (Å²) in [6.07, 6.45) is 4.68. The summed E-state index contributed by atoms with van der Waals surface area (Å²) < 4.78 is 41.3. The van der Waals surface area contributed by atoms with E-state index in [2.05, 4.69) is 16.1 Å². The van der Waals surface area contributed by atoms with Crippen molar-refractivity contribution < 1.29 is 27.9 Å². The van der Waals surface area contributed by atoms with Crippen molar-refractivity contribution in [3.8, 4) is 11.1 Å². The number of benzene rings is 3. The molecule has 0 aliphatic heterocycles. The first kappa shape index (κ1) is 28.5. The van der Waals surface area contributed by atoms with Crippen LogP contribution in [0.3, 0.4) is 0 Å². The van der Waals surface area contributed by atoms with Gasteiger partial charge in [0.25, 0.3) is 5.91 Å². The van der Waals surface area contributed by atoms with Gasteiger partial charge in [-0.25, -0.2) is 0 Å². The number of alkyl halides is 3. The Kier molecular flexibility index (Phi) is 8.47. The number of hydrogen-bond acceptors (Lipinski definition) is 2. The number of nitrogens with one attached hydrogen (secondary N) is 1. The van der Waals surface area contributed by atoms with Crippen LogP contribution in [0.1, 0.15) is 72.5 Å². The van der Waals surface area contributed by atoms with Crippen LogP contribution in [0.25, 0.3) is 22.0 Å². The summed E-state index contributed by atoms with van der Waals surface area (Å²) in [6, 6.07) is 20.8. The highest BCUT2D eigenvalue weighted by Crippen LogP contribution is 2.36. The summed E-state index contributed by atoms with van der Waals surface area (Å²) >= 11 is 0. The van der Waals surface area contributed by atoms with Gasteiger partial charge in [0.05, 0.1) is 18.0 Å². The zero-order chi connectivity index (χ0) is 29.0. The molecular formula is C33H33F3N2O3. The van der Waals surface area contributed by atoms with Crippen LogP contribution in [-0.2, 0) is 11.0 Å². The number of aliphatic carboxylic acids is 1. The lowest BCUT2D eigenvalue weighted by Crippen LogP contribution is -2.26. The van der Waals surface area contributed by atoms with E-state index in [9.17, 15) is 22.8 Å². The largest absolute Gasteiger partial charge is 0.481 e. The Morgan fingerprint density at radius 3 is 2.27 bits per heavy atom. The summed E-state index contributed by atoms with van der Waals surface area (Å²) in [5.41, 5.74) is 3.50. The Morgan fingerprint density at radius 2 is 1.61 bits per heavy atom. The van der Waals surface area contributed by atoms with Gasteiger partial charge in [0.1, 0.15) is 0 Å². The lowest BCUT2D eigenvalue weighted by molar-refractivity contribution is -0.138. The predicted molar refractivity (Wildman–Crippen MR) is 153 cm³/mol. The molecule has 41 heavy (non-hydrogen) atoms. The number of halogens is 3. The van der Waals surface area contributed by atoms with E-state index >= 15 is 0 Å². The molecule has 1 atom stereocenters. The Balaban J connectivity index is 1.40. The maximum absolute atomic E-state index is 13.0. The summed E-state index contributed by atoms with van der Waals surface area (Å²) in [5.74, 6) is -0.552. The van der Waals surface area contributed by atoms with Crippen LogP contribution < -0.4 is 5.32 Å². The normalized spacial score (nSPS) is 14.8. The molecule has 0 spiro atoms. The molecule has 1 aliphatic rings. The van der Waals surface area contributed by atoms with E-state index in [1.54, 1.807) is 12.1 Å². The van der Waals surface area contributed by atoms with Crippen LogP contribution in [0, 0.1) is 5.92 Å². The highest BCUT2D eigenvalue weighted by atomic mass is 19.4. The molecule has 1 amide bonds. The first-order valence-electron chi connectivity index (χ1n) is 14.1. The standard InChI is InChI=1S/C33H33F3N2O3/c34-33(35,36)28-13-10-23(11-14-28)26-12-16-30-27(21-26)18-20-38(30)29(15-5-22-3-1-2-4-22)24-6-8-25(9-7-24)32(41)37-19-17-31(39)40/h6-14,16,18,20-22,29H,1-5,15,17,19H2,(H,37,41)(H,39,40). The average Bonchev–Trinajstić information content (AvgIpc) is 3.63. The molecule has 8 heteroatoms. The molecule has 214 valence electrons. The number of amides is 1. The van der Waals surface area contributed by atoms with E-state index in [1.165, 1.54) is 37.8 Å². The number of aromatic nitrogens is 1. The smallest absolute Gasteiger partial charge is 0.416 e. The molecular weight excluding hydrogens is 529 g/mol. The highest BCUT2D eigenvalue weighted by molar-refractivity contribution is 5.94. The number of fused-ring (bicyclic) bond motifs is 1. The third-order valence-corrected chi connectivity index (χ3v) is 8.11. The second-order valence-electron chi connectivity index (χ2n) is 10.8. The molecule has 0 bridgehead atoms. The topological polar surface area (TPSA) is 71.3 Å². The quantitative estimate of drug-likeness (QED) is 0.205. The molecule has 1 unspecified atom stereocenters. The van der Waals surface area contributed by atoms with Crippen molar-refractivity contribution in [2.75, 3.05) is 6.54 Å². The lowest BCUT2D eigenvalue weighted by atomic mass is 9.94. The molecule has 5 rings (SSSR count). The average molecular weight is 563 g/mol. The fraction of sp³-hybridized carbons (Fsp3) is 0.333. The van der Waals surface area contributed by atoms with Crippen LogP contribution in [0.4, 0.5) is 13.2 Å². The number of carbonyl (C=O) groups is 2. The molecule has 1 aliphatic carbocycles. The third kappa shape index (κ3) is 6.81. The Labute approximate surface area is 237 Å². The van der Waals surface area contributed by atoms with E-state index in [0.29, 0.717) is 11.5 Å². The molecule has 0 saturated heterocycles. The van der Waals surface area contributed by atoms with E-state index in [-0.39, 0.29) is 24.9 Å². The number of carbonyl (C=O) groups excluding carboxylic acids is 1. The minimum absolute atomic E-state index is 0.0501. The number of nitrogens with zero attached hydrogens (tertiary/aromatic N) is 1. The molecule has 5 nitrogen and oxygen atoms in total. The molecule has 2 N–H and O–H groups in total. The van der Waals surface area contributed by atoms with Crippen LogP contribution in [-0.4, -0.2) is 28.1 Å². The predicted octanol–water partition coefficient (Wildman–Crippen LogP) is 8.09. The zero-order valence-corrected chi connectivity index (χ0v) is 22.7. The number of carboxylic acid groups (broad SMARTS) is 1. The van der Waals surface area contributed by atoms with Crippen molar-refractivity contribution >= 4 is 22.8 Å². The molecule has 1 saturated carbocycles. The van der Waals surface area contributed by atoms with Crippen molar-refractivity contribution in [1.29, 1.82) is 0 Å². The number of rotatable bonds is 10. The van der Waals surface area contributed by atoms with Crippen LogP contribution >= 0.6 is 0 Å². The second kappa shape index (κ2) is 12.2. The van der Waals surface area contributed by atoms with Crippen molar-refractivity contribution in [3.05, 3.63) is 95.7 Å². The number of carboxylic acids is 1. The first-order valence-corrected chi connectivity index (χ1v) is 14.1. The molecule has 1 aromatic heterocycles. The third-order valence-electron chi connectivity index (χ3n) is 8.11.